The van der Waals surface area contributed by atoms with Crippen molar-refractivity contribution in [2.24, 2.45) is 5.73 Å². The standard InChI is InChI=1S/C12H13NO6/c13-12(10(16)17,6-9(14)15)11(18)19-7-8-4-2-1-3-5-8/h1-5H,6-7,13H2,(H,14,15)(H,16,17). The lowest BCUT2D eigenvalue weighted by molar-refractivity contribution is -0.165. The molecule has 1 aromatic carbocycles. The summed E-state index contributed by atoms with van der Waals surface area (Å²) < 4.78 is 4.75. The molecule has 0 fully saturated rings. The van der Waals surface area contributed by atoms with Crippen LogP contribution >= 0.6 is 0 Å². The maximum Gasteiger partial charge on any atom is 0.338 e. The first-order valence-electron chi connectivity index (χ1n) is 5.31. The fourth-order valence-corrected chi connectivity index (χ4v) is 1.33. The summed E-state index contributed by atoms with van der Waals surface area (Å²) in [7, 11) is 0. The minimum absolute atomic E-state index is 0.175. The van der Waals surface area contributed by atoms with Gasteiger partial charge in [0.15, 0.2) is 0 Å². The SMILES string of the molecule is NC(CC(=O)O)(C(=O)O)C(=O)OCc1ccccc1. The molecular weight excluding hydrogens is 254 g/mol. The first-order valence-corrected chi connectivity index (χ1v) is 5.31. The van der Waals surface area contributed by atoms with Crippen LogP contribution in [0.5, 0.6) is 0 Å². The second-order valence-corrected chi connectivity index (χ2v) is 3.91. The number of nitrogens with two attached hydrogens (primary N) is 1. The molecular formula is C12H13NO6. The van der Waals surface area contributed by atoms with Gasteiger partial charge in [-0.1, -0.05) is 30.3 Å². The summed E-state index contributed by atoms with van der Waals surface area (Å²) in [6.45, 7) is -0.175. The van der Waals surface area contributed by atoms with E-state index < -0.39 is 29.9 Å². The van der Waals surface area contributed by atoms with Gasteiger partial charge in [0, 0.05) is 0 Å². The number of rotatable bonds is 6. The number of carboxylic acids is 2. The number of carboxylic acid groups (broad SMARTS) is 2. The molecule has 7 heteroatoms. The molecule has 102 valence electrons. The van der Waals surface area contributed by atoms with E-state index in [1.807, 2.05) is 0 Å². The Balaban J connectivity index is 2.73. The van der Waals surface area contributed by atoms with Crippen LogP contribution in [-0.4, -0.2) is 33.7 Å². The molecule has 0 bridgehead atoms. The molecule has 0 amide bonds. The van der Waals surface area contributed by atoms with Crippen molar-refractivity contribution in [2.45, 2.75) is 18.6 Å². The molecule has 1 unspecified atom stereocenters. The van der Waals surface area contributed by atoms with Crippen molar-refractivity contribution in [1.82, 2.24) is 0 Å². The molecule has 0 heterocycles. The molecule has 0 radical (unpaired) electrons. The molecule has 0 aliphatic carbocycles. The summed E-state index contributed by atoms with van der Waals surface area (Å²) in [6, 6.07) is 8.54. The summed E-state index contributed by atoms with van der Waals surface area (Å²) in [5.41, 5.74) is 3.35. The lowest BCUT2D eigenvalue weighted by Gasteiger charge is -2.20. The molecule has 0 saturated heterocycles. The van der Waals surface area contributed by atoms with E-state index in [2.05, 4.69) is 0 Å². The van der Waals surface area contributed by atoms with Crippen LogP contribution in [-0.2, 0) is 25.7 Å². The molecule has 0 aliphatic rings. The Morgan fingerprint density at radius 3 is 2.21 bits per heavy atom. The Morgan fingerprint density at radius 1 is 1.16 bits per heavy atom. The topological polar surface area (TPSA) is 127 Å². The van der Waals surface area contributed by atoms with Crippen molar-refractivity contribution in [1.29, 1.82) is 0 Å². The molecule has 7 nitrogen and oxygen atoms in total. The van der Waals surface area contributed by atoms with Gasteiger partial charge in [-0.05, 0) is 5.56 Å². The number of hydrogen-bond acceptors (Lipinski definition) is 5. The first kappa shape index (κ1) is 14.7. The number of esters is 1. The van der Waals surface area contributed by atoms with Crippen LogP contribution in [0, 0.1) is 0 Å². The van der Waals surface area contributed by atoms with E-state index in [0.717, 1.165) is 0 Å². The lowest BCUT2D eigenvalue weighted by atomic mass is 9.97. The Bertz CT molecular complexity index is 486. The maximum absolute atomic E-state index is 11.6. The van der Waals surface area contributed by atoms with Gasteiger partial charge in [-0.15, -0.1) is 0 Å². The third-order valence-corrected chi connectivity index (χ3v) is 2.39. The van der Waals surface area contributed by atoms with Crippen molar-refractivity contribution in [3.8, 4) is 0 Å². The maximum atomic E-state index is 11.6. The zero-order valence-corrected chi connectivity index (χ0v) is 9.91. The molecule has 0 spiro atoms. The van der Waals surface area contributed by atoms with E-state index in [4.69, 9.17) is 20.7 Å². The number of benzene rings is 1. The zero-order valence-electron chi connectivity index (χ0n) is 9.91. The van der Waals surface area contributed by atoms with Crippen molar-refractivity contribution >= 4 is 17.9 Å². The van der Waals surface area contributed by atoms with Gasteiger partial charge in [-0.2, -0.15) is 0 Å². The highest BCUT2D eigenvalue weighted by molar-refractivity contribution is 6.06. The van der Waals surface area contributed by atoms with Crippen LogP contribution in [0.4, 0.5) is 0 Å². The van der Waals surface area contributed by atoms with E-state index in [9.17, 15) is 14.4 Å². The molecule has 1 rings (SSSR count). The molecule has 1 aromatic rings. The van der Waals surface area contributed by atoms with Crippen LogP contribution in [0.1, 0.15) is 12.0 Å². The number of hydrogen-bond donors (Lipinski definition) is 3. The highest BCUT2D eigenvalue weighted by Crippen LogP contribution is 2.12. The lowest BCUT2D eigenvalue weighted by Crippen LogP contribution is -2.57. The van der Waals surface area contributed by atoms with E-state index in [1.165, 1.54) is 0 Å². The number of aliphatic carboxylic acids is 2. The van der Waals surface area contributed by atoms with Crippen molar-refractivity contribution in [3.63, 3.8) is 0 Å². The number of ether oxygens (including phenoxy) is 1. The Hall–Kier alpha value is -2.41. The molecule has 1 atom stereocenters. The molecule has 0 aliphatic heterocycles. The molecule has 0 aromatic heterocycles. The largest absolute Gasteiger partial charge is 0.481 e. The molecule has 19 heavy (non-hydrogen) atoms. The Kier molecular flexibility index (Phi) is 4.60. The van der Waals surface area contributed by atoms with Crippen LogP contribution in [0.3, 0.4) is 0 Å². The fraction of sp³-hybridized carbons (Fsp3) is 0.250. The minimum atomic E-state index is -2.58. The van der Waals surface area contributed by atoms with Crippen LogP contribution in [0.25, 0.3) is 0 Å². The van der Waals surface area contributed by atoms with E-state index in [0.29, 0.717) is 5.56 Å². The first-order chi connectivity index (χ1) is 8.86. The Labute approximate surface area is 108 Å². The van der Waals surface area contributed by atoms with Gasteiger partial charge in [-0.3, -0.25) is 4.79 Å². The van der Waals surface area contributed by atoms with Gasteiger partial charge in [0.25, 0.3) is 0 Å². The summed E-state index contributed by atoms with van der Waals surface area (Å²) >= 11 is 0. The predicted molar refractivity (Wildman–Crippen MR) is 63.0 cm³/mol. The summed E-state index contributed by atoms with van der Waals surface area (Å²) in [4.78, 5) is 33.1. The average molecular weight is 267 g/mol. The van der Waals surface area contributed by atoms with Crippen molar-refractivity contribution in [2.75, 3.05) is 0 Å². The van der Waals surface area contributed by atoms with Gasteiger partial charge in [0.05, 0.1) is 6.42 Å². The van der Waals surface area contributed by atoms with E-state index in [1.54, 1.807) is 30.3 Å². The quantitative estimate of drug-likeness (QED) is 0.488. The van der Waals surface area contributed by atoms with Gasteiger partial charge >= 0.3 is 17.9 Å². The highest BCUT2D eigenvalue weighted by Gasteiger charge is 2.46. The smallest absolute Gasteiger partial charge is 0.338 e. The normalized spacial score (nSPS) is 13.3. The van der Waals surface area contributed by atoms with Crippen LogP contribution in [0.2, 0.25) is 0 Å². The molecule has 4 N–H and O–H groups in total. The van der Waals surface area contributed by atoms with E-state index >= 15 is 0 Å². The second-order valence-electron chi connectivity index (χ2n) is 3.91. The van der Waals surface area contributed by atoms with E-state index in [-0.39, 0.29) is 6.61 Å². The molecule has 0 saturated carbocycles. The third-order valence-electron chi connectivity index (χ3n) is 2.39. The summed E-state index contributed by atoms with van der Waals surface area (Å²) in [6.07, 6.45) is -1.05. The highest BCUT2D eigenvalue weighted by atomic mass is 16.5. The van der Waals surface area contributed by atoms with Gasteiger partial charge in [0.2, 0.25) is 5.54 Å². The third kappa shape index (κ3) is 3.78. The van der Waals surface area contributed by atoms with Crippen LogP contribution in [0.15, 0.2) is 30.3 Å². The monoisotopic (exact) mass is 267 g/mol. The Morgan fingerprint density at radius 2 is 1.74 bits per heavy atom. The van der Waals surface area contributed by atoms with Crippen molar-refractivity contribution in [3.05, 3.63) is 35.9 Å². The average Bonchev–Trinajstić information content (AvgIpc) is 2.36. The van der Waals surface area contributed by atoms with Gasteiger partial charge < -0.3 is 20.7 Å². The fourth-order valence-electron chi connectivity index (χ4n) is 1.33. The summed E-state index contributed by atoms with van der Waals surface area (Å²) in [5.74, 6) is -4.53. The van der Waals surface area contributed by atoms with Gasteiger partial charge in [-0.25, -0.2) is 9.59 Å². The summed E-state index contributed by atoms with van der Waals surface area (Å²) in [5, 5.41) is 17.4. The van der Waals surface area contributed by atoms with Crippen molar-refractivity contribution < 1.29 is 29.3 Å². The van der Waals surface area contributed by atoms with Crippen LogP contribution < -0.4 is 5.73 Å². The predicted octanol–water partition coefficient (Wildman–Crippen LogP) is -0.0134. The number of carbonyl (C=O) groups excluding carboxylic acids is 1. The minimum Gasteiger partial charge on any atom is -0.481 e. The van der Waals surface area contributed by atoms with Gasteiger partial charge in [0.1, 0.15) is 6.61 Å². The second kappa shape index (κ2) is 5.96. The number of carbonyl (C=O) groups is 3. The zero-order chi connectivity index (χ0) is 14.5.